The third kappa shape index (κ3) is 6.09. The molecule has 136 valence electrons. The maximum Gasteiger partial charge on any atom is 0.149 e. The van der Waals surface area contributed by atoms with Crippen molar-refractivity contribution in [1.29, 1.82) is 0 Å². The Balaban J connectivity index is 1.43. The lowest BCUT2D eigenvalue weighted by Gasteiger charge is -2.31. The summed E-state index contributed by atoms with van der Waals surface area (Å²) in [5, 5.41) is 0.703. The summed E-state index contributed by atoms with van der Waals surface area (Å²) in [6.45, 7) is 5.68. The topological polar surface area (TPSA) is 12.5 Å². The van der Waals surface area contributed by atoms with Crippen molar-refractivity contribution < 1.29 is 4.74 Å². The molecule has 0 N–H and O–H groups in total. The first-order valence-corrected chi connectivity index (χ1v) is 10.7. The van der Waals surface area contributed by atoms with E-state index in [9.17, 15) is 0 Å². The molecule has 1 heterocycles. The lowest BCUT2D eigenvalue weighted by molar-refractivity contribution is 0.225. The molecule has 3 rings (SSSR count). The normalized spacial score (nSPS) is 15.3. The number of rotatable bonds is 6. The van der Waals surface area contributed by atoms with Crippen molar-refractivity contribution in [2.24, 2.45) is 0 Å². The number of halogens is 1. The standard InChI is InChI=1S/C22H24BrNOS/c1-2-3-16-25-20-8-10-21(11-9-20)26-22-12-14-24(15-13-22)17-18-4-6-19(23)7-5-18/h4-11,22H,12-17H2,1H3. The highest BCUT2D eigenvalue weighted by molar-refractivity contribution is 9.10. The molecule has 2 nitrogen and oxygen atoms in total. The molecule has 0 aromatic heterocycles. The van der Waals surface area contributed by atoms with E-state index in [1.54, 1.807) is 0 Å². The van der Waals surface area contributed by atoms with Gasteiger partial charge in [-0.3, -0.25) is 4.90 Å². The minimum absolute atomic E-state index is 0.458. The van der Waals surface area contributed by atoms with Gasteiger partial charge in [0.05, 0.1) is 0 Å². The Labute approximate surface area is 169 Å². The molecule has 2 aromatic rings. The summed E-state index contributed by atoms with van der Waals surface area (Å²) >= 11 is 5.50. The van der Waals surface area contributed by atoms with Crippen LogP contribution in [0.1, 0.15) is 25.3 Å². The van der Waals surface area contributed by atoms with Gasteiger partial charge in [-0.15, -0.1) is 17.7 Å². The maximum absolute atomic E-state index is 5.58. The molecule has 26 heavy (non-hydrogen) atoms. The van der Waals surface area contributed by atoms with Gasteiger partial charge in [-0.1, -0.05) is 34.0 Å². The summed E-state index contributed by atoms with van der Waals surface area (Å²) in [7, 11) is 0. The molecular weight excluding hydrogens is 406 g/mol. The second kappa shape index (κ2) is 10.1. The molecule has 1 aliphatic heterocycles. The van der Waals surface area contributed by atoms with E-state index < -0.39 is 0 Å². The Bertz CT molecular complexity index is 740. The number of likely N-dealkylation sites (tertiary alicyclic amines) is 1. The average molecular weight is 430 g/mol. The van der Waals surface area contributed by atoms with Crippen LogP contribution in [-0.2, 0) is 6.54 Å². The maximum atomic E-state index is 5.58. The lowest BCUT2D eigenvalue weighted by Crippen LogP contribution is -2.34. The van der Waals surface area contributed by atoms with Crippen LogP contribution in [0.15, 0.2) is 57.9 Å². The smallest absolute Gasteiger partial charge is 0.149 e. The van der Waals surface area contributed by atoms with Gasteiger partial charge in [-0.2, -0.15) is 0 Å². The van der Waals surface area contributed by atoms with Crippen molar-refractivity contribution in [1.82, 2.24) is 4.90 Å². The third-order valence-electron chi connectivity index (χ3n) is 4.47. The third-order valence-corrected chi connectivity index (χ3v) is 6.35. The molecule has 4 heteroatoms. The summed E-state index contributed by atoms with van der Waals surface area (Å²) in [4.78, 5) is 3.89. The van der Waals surface area contributed by atoms with Crippen LogP contribution >= 0.6 is 27.7 Å². The largest absolute Gasteiger partial charge is 0.481 e. The predicted octanol–water partition coefficient (Wildman–Crippen LogP) is 5.61. The monoisotopic (exact) mass is 429 g/mol. The van der Waals surface area contributed by atoms with Crippen molar-refractivity contribution >= 4 is 27.7 Å². The highest BCUT2D eigenvalue weighted by Gasteiger charge is 2.20. The van der Waals surface area contributed by atoms with Gasteiger partial charge in [0.1, 0.15) is 12.4 Å². The fraction of sp³-hybridized carbons (Fsp3) is 0.364. The first-order valence-electron chi connectivity index (χ1n) is 8.99. The molecule has 1 fully saturated rings. The SMILES string of the molecule is CC#CCOc1ccc(SC2CCN(Cc3ccc(Br)cc3)CC2)cc1. The zero-order chi connectivity index (χ0) is 18.2. The van der Waals surface area contributed by atoms with E-state index in [1.165, 1.54) is 36.4 Å². The van der Waals surface area contributed by atoms with Gasteiger partial charge in [0.2, 0.25) is 0 Å². The van der Waals surface area contributed by atoms with Gasteiger partial charge in [-0.05, 0) is 74.8 Å². The van der Waals surface area contributed by atoms with Crippen molar-refractivity contribution in [3.63, 3.8) is 0 Å². The number of nitrogens with zero attached hydrogens (tertiary/aromatic N) is 1. The minimum atomic E-state index is 0.458. The molecule has 0 amide bonds. The van der Waals surface area contributed by atoms with Gasteiger partial charge < -0.3 is 4.74 Å². The molecule has 1 aliphatic rings. The number of thioether (sulfide) groups is 1. The van der Waals surface area contributed by atoms with Gasteiger partial charge in [0, 0.05) is 21.2 Å². The van der Waals surface area contributed by atoms with Gasteiger partial charge >= 0.3 is 0 Å². The molecule has 0 radical (unpaired) electrons. The Kier molecular flexibility index (Phi) is 7.49. The van der Waals surface area contributed by atoms with E-state index in [-0.39, 0.29) is 0 Å². The Morgan fingerprint density at radius 3 is 2.42 bits per heavy atom. The van der Waals surface area contributed by atoms with Crippen LogP contribution in [0.25, 0.3) is 0 Å². The highest BCUT2D eigenvalue weighted by atomic mass is 79.9. The van der Waals surface area contributed by atoms with E-state index in [1.807, 2.05) is 30.8 Å². The second-order valence-electron chi connectivity index (χ2n) is 6.41. The molecule has 0 bridgehead atoms. The van der Waals surface area contributed by atoms with E-state index in [0.29, 0.717) is 11.9 Å². The Morgan fingerprint density at radius 1 is 1.08 bits per heavy atom. The molecule has 0 unspecified atom stereocenters. The average Bonchev–Trinajstić information content (AvgIpc) is 2.67. The molecular formula is C22H24BrNOS. The molecule has 0 spiro atoms. The van der Waals surface area contributed by atoms with Gasteiger partial charge in [-0.25, -0.2) is 0 Å². The quantitative estimate of drug-likeness (QED) is 0.553. The number of benzene rings is 2. The van der Waals surface area contributed by atoms with Crippen molar-refractivity contribution in [3.8, 4) is 17.6 Å². The fourth-order valence-corrected chi connectivity index (χ4v) is 4.42. The molecule has 0 aliphatic carbocycles. The minimum Gasteiger partial charge on any atom is -0.481 e. The van der Waals surface area contributed by atoms with E-state index in [0.717, 1.165) is 16.8 Å². The number of ether oxygens (including phenoxy) is 1. The Hall–Kier alpha value is -1.41. The van der Waals surface area contributed by atoms with Crippen LogP contribution in [0.4, 0.5) is 0 Å². The van der Waals surface area contributed by atoms with Crippen LogP contribution in [0, 0.1) is 11.8 Å². The van der Waals surface area contributed by atoms with Crippen LogP contribution in [0.5, 0.6) is 5.75 Å². The zero-order valence-corrected chi connectivity index (χ0v) is 17.5. The summed E-state index contributed by atoms with van der Waals surface area (Å²) in [5.41, 5.74) is 1.39. The fourth-order valence-electron chi connectivity index (χ4n) is 3.03. The first-order chi connectivity index (χ1) is 12.7. The summed E-state index contributed by atoms with van der Waals surface area (Å²) in [6, 6.07) is 17.1. The van der Waals surface area contributed by atoms with E-state index >= 15 is 0 Å². The molecule has 0 atom stereocenters. The predicted molar refractivity (Wildman–Crippen MR) is 114 cm³/mol. The number of hydrogen-bond donors (Lipinski definition) is 0. The van der Waals surface area contributed by atoms with E-state index in [4.69, 9.17) is 4.74 Å². The zero-order valence-electron chi connectivity index (χ0n) is 15.1. The van der Waals surface area contributed by atoms with E-state index in [2.05, 4.69) is 69.1 Å². The second-order valence-corrected chi connectivity index (χ2v) is 8.70. The van der Waals surface area contributed by atoms with Crippen molar-refractivity contribution in [2.45, 2.75) is 36.5 Å². The molecule has 0 saturated carbocycles. The van der Waals surface area contributed by atoms with Crippen LogP contribution in [-0.4, -0.2) is 29.8 Å². The lowest BCUT2D eigenvalue weighted by atomic mass is 10.1. The number of hydrogen-bond acceptors (Lipinski definition) is 3. The summed E-state index contributed by atoms with van der Waals surface area (Å²) in [6.07, 6.45) is 2.48. The summed E-state index contributed by atoms with van der Waals surface area (Å²) in [5.74, 6) is 6.65. The Morgan fingerprint density at radius 2 is 1.77 bits per heavy atom. The van der Waals surface area contributed by atoms with Crippen molar-refractivity contribution in [2.75, 3.05) is 19.7 Å². The first kappa shape index (κ1) is 19.4. The van der Waals surface area contributed by atoms with Crippen LogP contribution in [0.3, 0.4) is 0 Å². The van der Waals surface area contributed by atoms with Gasteiger partial charge in [0.15, 0.2) is 0 Å². The molecule has 2 aromatic carbocycles. The van der Waals surface area contributed by atoms with Crippen molar-refractivity contribution in [3.05, 3.63) is 58.6 Å². The van der Waals surface area contributed by atoms with Gasteiger partial charge in [0.25, 0.3) is 0 Å². The summed E-state index contributed by atoms with van der Waals surface area (Å²) < 4.78 is 6.72. The van der Waals surface area contributed by atoms with Crippen LogP contribution < -0.4 is 4.74 Å². The van der Waals surface area contributed by atoms with Crippen LogP contribution in [0.2, 0.25) is 0 Å². The highest BCUT2D eigenvalue weighted by Crippen LogP contribution is 2.31. The number of piperidine rings is 1. The molecule has 1 saturated heterocycles.